The highest BCUT2D eigenvalue weighted by Crippen LogP contribution is 2.51. The van der Waals surface area contributed by atoms with Crippen LogP contribution in [0.1, 0.15) is 81.4 Å². The second-order valence-electron chi connectivity index (χ2n) is 14.9. The van der Waals surface area contributed by atoms with Crippen molar-refractivity contribution in [3.63, 3.8) is 0 Å². The zero-order chi connectivity index (χ0) is 36.9. The summed E-state index contributed by atoms with van der Waals surface area (Å²) in [6.07, 6.45) is 0.434. The summed E-state index contributed by atoms with van der Waals surface area (Å²) >= 11 is 0. The number of benzene rings is 1. The zero-order valence-corrected chi connectivity index (χ0v) is 29.1. The Bertz CT molecular complexity index is 1770. The fraction of sp³-hybridized carbons (Fsp3) is 0.611. The number of halogens is 5. The van der Waals surface area contributed by atoms with Crippen LogP contribution in [0.25, 0.3) is 22.3 Å². The Morgan fingerprint density at radius 1 is 1.14 bits per heavy atom. The Hall–Kier alpha value is -3.85. The van der Waals surface area contributed by atoms with E-state index in [0.717, 1.165) is 19.5 Å². The number of methoxy groups -OCH3 is 1. The Balaban J connectivity index is 1.31. The summed E-state index contributed by atoms with van der Waals surface area (Å²) in [5, 5.41) is 13.3. The molecule has 3 aliphatic rings. The molecule has 4 unspecified atom stereocenters. The number of ether oxygens (including phenoxy) is 2. The highest BCUT2D eigenvalue weighted by Gasteiger charge is 2.56. The first kappa shape index (κ1) is 36.9. The van der Waals surface area contributed by atoms with E-state index in [0.29, 0.717) is 55.4 Å². The number of carbonyl (C=O) groups is 2. The van der Waals surface area contributed by atoms with E-state index in [-0.39, 0.29) is 54.9 Å². The molecule has 2 bridgehead atoms. The number of nitrogens with zero attached hydrogens (tertiary/aromatic N) is 4. The van der Waals surface area contributed by atoms with Gasteiger partial charge in [-0.05, 0) is 75.3 Å². The van der Waals surface area contributed by atoms with Gasteiger partial charge in [-0.15, -0.1) is 0 Å². The molecule has 2 aromatic heterocycles. The molecule has 3 aromatic rings. The van der Waals surface area contributed by atoms with Crippen LogP contribution in [-0.4, -0.2) is 87.3 Å². The zero-order valence-electron chi connectivity index (χ0n) is 29.1. The molecule has 2 aliphatic carbocycles. The maximum atomic E-state index is 14.6. The molecule has 2 saturated carbocycles. The van der Waals surface area contributed by atoms with Gasteiger partial charge in [0.25, 0.3) is 11.8 Å². The van der Waals surface area contributed by atoms with Gasteiger partial charge < -0.3 is 24.5 Å². The van der Waals surface area contributed by atoms with Crippen molar-refractivity contribution in [2.75, 3.05) is 33.4 Å². The number of carboxylic acids is 1. The topological polar surface area (TPSA) is 119 Å². The van der Waals surface area contributed by atoms with Crippen molar-refractivity contribution < 1.29 is 46.1 Å². The van der Waals surface area contributed by atoms with Gasteiger partial charge in [-0.3, -0.25) is 9.69 Å². The monoisotopic (exact) mass is 721 g/mol. The Kier molecular flexibility index (Phi) is 10.1. The number of hydrogen-bond acceptors (Lipinski definition) is 7. The molecule has 6 rings (SSSR count). The van der Waals surface area contributed by atoms with E-state index in [4.69, 9.17) is 9.47 Å². The quantitative estimate of drug-likeness (QED) is 0.207. The van der Waals surface area contributed by atoms with Gasteiger partial charge in [-0.25, -0.2) is 23.5 Å². The number of hydrogen-bond donors (Lipinski definition) is 2. The van der Waals surface area contributed by atoms with Crippen LogP contribution in [0, 0.1) is 17.8 Å². The van der Waals surface area contributed by atoms with Crippen LogP contribution < -0.4 is 10.1 Å². The van der Waals surface area contributed by atoms with Gasteiger partial charge in [0.2, 0.25) is 0 Å². The summed E-state index contributed by atoms with van der Waals surface area (Å²) < 4.78 is 84.2. The first-order chi connectivity index (χ1) is 24.0. The Labute approximate surface area is 292 Å². The lowest BCUT2D eigenvalue weighted by Gasteiger charge is -2.33. The minimum absolute atomic E-state index is 0.0641. The van der Waals surface area contributed by atoms with E-state index in [9.17, 15) is 36.6 Å². The average molecular weight is 722 g/mol. The van der Waals surface area contributed by atoms with Crippen molar-refractivity contribution in [3.05, 3.63) is 41.9 Å². The van der Waals surface area contributed by atoms with Gasteiger partial charge in [0.05, 0.1) is 30.3 Å². The fourth-order valence-electron chi connectivity index (χ4n) is 8.51. The summed E-state index contributed by atoms with van der Waals surface area (Å²) in [5.74, 6) is -5.04. The molecule has 0 spiro atoms. The van der Waals surface area contributed by atoms with Gasteiger partial charge >= 0.3 is 12.1 Å². The predicted molar refractivity (Wildman–Crippen MR) is 178 cm³/mol. The van der Waals surface area contributed by atoms with Gasteiger partial charge in [-0.2, -0.15) is 13.2 Å². The third kappa shape index (κ3) is 7.69. The van der Waals surface area contributed by atoms with Crippen molar-refractivity contribution in [1.82, 2.24) is 24.8 Å². The molecule has 3 heterocycles. The summed E-state index contributed by atoms with van der Waals surface area (Å²) in [4.78, 5) is 35.9. The molecule has 1 amide bonds. The van der Waals surface area contributed by atoms with Gasteiger partial charge in [0.15, 0.2) is 11.5 Å². The number of fused-ring (bicyclic) bond motifs is 3. The number of amides is 1. The molecule has 2 N–H and O–H groups in total. The second-order valence-corrected chi connectivity index (χ2v) is 14.9. The molecule has 51 heavy (non-hydrogen) atoms. The second kappa shape index (κ2) is 13.9. The molecule has 15 heteroatoms. The average Bonchev–Trinajstić information content (AvgIpc) is 3.55. The highest BCUT2D eigenvalue weighted by atomic mass is 19.4. The van der Waals surface area contributed by atoms with Crippen LogP contribution in [-0.2, 0) is 15.7 Å². The van der Waals surface area contributed by atoms with E-state index >= 15 is 0 Å². The molecule has 3 fully saturated rings. The smallest absolute Gasteiger partial charge is 0.434 e. The molecule has 5 atom stereocenters. The van der Waals surface area contributed by atoms with Gasteiger partial charge in [0, 0.05) is 56.5 Å². The number of carboxylic acid groups (broad SMARTS) is 1. The van der Waals surface area contributed by atoms with Crippen molar-refractivity contribution in [2.45, 2.75) is 89.1 Å². The number of carbonyl (C=O) groups excluding carboxylic acids is 1. The van der Waals surface area contributed by atoms with Crippen LogP contribution in [0.5, 0.6) is 5.75 Å². The summed E-state index contributed by atoms with van der Waals surface area (Å²) in [6.45, 7) is 5.70. The lowest BCUT2D eigenvalue weighted by molar-refractivity contribution is -0.146. The van der Waals surface area contributed by atoms with Crippen LogP contribution in [0.3, 0.4) is 0 Å². The van der Waals surface area contributed by atoms with Crippen LogP contribution in [0.2, 0.25) is 0 Å². The third-order valence-electron chi connectivity index (χ3n) is 10.6. The Morgan fingerprint density at radius 3 is 2.51 bits per heavy atom. The third-order valence-corrected chi connectivity index (χ3v) is 10.6. The number of aromatic nitrogens is 3. The molecular weight excluding hydrogens is 677 g/mol. The number of nitrogens with one attached hydrogen (secondary N) is 1. The summed E-state index contributed by atoms with van der Waals surface area (Å²) in [6, 6.07) is 4.91. The van der Waals surface area contributed by atoms with Crippen molar-refractivity contribution in [2.24, 2.45) is 17.8 Å². The molecule has 1 aromatic carbocycles. The summed E-state index contributed by atoms with van der Waals surface area (Å²) in [5.41, 5.74) is -3.06. The molecule has 1 saturated heterocycles. The van der Waals surface area contributed by atoms with Gasteiger partial charge in [-0.1, -0.05) is 6.92 Å². The number of aliphatic carboxylic acids is 1. The molecule has 0 radical (unpaired) electrons. The van der Waals surface area contributed by atoms with E-state index in [1.807, 2.05) is 18.4 Å². The van der Waals surface area contributed by atoms with E-state index in [1.165, 1.54) is 7.11 Å². The van der Waals surface area contributed by atoms with E-state index in [1.54, 1.807) is 29.3 Å². The number of alkyl halides is 5. The van der Waals surface area contributed by atoms with Crippen LogP contribution in [0.4, 0.5) is 22.0 Å². The summed E-state index contributed by atoms with van der Waals surface area (Å²) in [7, 11) is 1.54. The minimum Gasteiger partial charge on any atom is -0.490 e. The van der Waals surface area contributed by atoms with E-state index in [2.05, 4.69) is 15.3 Å². The molecule has 1 aliphatic heterocycles. The maximum Gasteiger partial charge on any atom is 0.434 e. The van der Waals surface area contributed by atoms with Crippen molar-refractivity contribution in [1.29, 1.82) is 0 Å². The standard InChI is InChI=1S/C36H44F5N5O5/c1-20-11-22-13-23(12-20)35(15-22,33(48)49)44-32(47)27-16-42-31(43-30(27)36(39,40)41)28-17-46(21(2)18-50-4)29-14-25(5-6-26(28)29)51-24-7-9-45(10-8-24)19-34(3,37)38/h5-6,14,16-17,20-24H,7-13,15,18-19H2,1-4H3,(H,44,47)(H,48,49)/t20?,21-,22?,23?,35?/m1/s1. The van der Waals surface area contributed by atoms with Gasteiger partial charge in [0.1, 0.15) is 17.4 Å². The minimum atomic E-state index is -5.05. The molecular formula is C36H44F5N5O5. The maximum absolute atomic E-state index is 14.6. The normalized spacial score (nSPS) is 25.2. The number of likely N-dealkylation sites (tertiary alicyclic amines) is 1. The first-order valence-electron chi connectivity index (χ1n) is 17.4. The van der Waals surface area contributed by atoms with Crippen molar-refractivity contribution >= 4 is 22.8 Å². The Morgan fingerprint density at radius 2 is 1.86 bits per heavy atom. The first-order valence-corrected chi connectivity index (χ1v) is 17.4. The highest BCUT2D eigenvalue weighted by molar-refractivity contribution is 6.00. The van der Waals surface area contributed by atoms with Crippen LogP contribution >= 0.6 is 0 Å². The van der Waals surface area contributed by atoms with Crippen LogP contribution in [0.15, 0.2) is 30.6 Å². The number of rotatable bonds is 11. The fourth-order valence-corrected chi connectivity index (χ4v) is 8.51. The number of piperidine rings is 1. The molecule has 278 valence electrons. The lowest BCUT2D eigenvalue weighted by atomic mass is 9.78. The predicted octanol–water partition coefficient (Wildman–Crippen LogP) is 6.83. The largest absolute Gasteiger partial charge is 0.490 e. The SMILES string of the molecule is COC[C@@H](C)n1cc(-c2ncc(C(=O)NC3(C(=O)O)CC4CC(C)CC3C4)c(C(F)(F)F)n2)c2ccc(OC3CCN(CC(C)(F)F)CC3)cc21. The van der Waals surface area contributed by atoms with E-state index < -0.39 is 46.7 Å². The van der Waals surface area contributed by atoms with Crippen molar-refractivity contribution in [3.8, 4) is 17.1 Å². The lowest BCUT2D eigenvalue weighted by Crippen LogP contribution is -2.57. The molecule has 10 nitrogen and oxygen atoms in total.